The van der Waals surface area contributed by atoms with E-state index in [2.05, 4.69) is 6.92 Å². The van der Waals surface area contributed by atoms with Gasteiger partial charge in [-0.15, -0.1) is 0 Å². The third kappa shape index (κ3) is 8.77. The maximum Gasteiger partial charge on any atom is 0.306 e. The van der Waals surface area contributed by atoms with Crippen LogP contribution in [0, 0.1) is 5.92 Å². The molecule has 5 nitrogen and oxygen atoms in total. The zero-order valence-corrected chi connectivity index (χ0v) is 16.3. The summed E-state index contributed by atoms with van der Waals surface area (Å²) in [7, 11) is 0. The predicted molar refractivity (Wildman–Crippen MR) is 103 cm³/mol. The van der Waals surface area contributed by atoms with Gasteiger partial charge in [-0.3, -0.25) is 9.59 Å². The van der Waals surface area contributed by atoms with Crippen LogP contribution in [-0.4, -0.2) is 57.2 Å². The van der Waals surface area contributed by atoms with Crippen molar-refractivity contribution in [2.45, 2.75) is 70.9 Å². The Hall–Kier alpha value is -1.01. The van der Waals surface area contributed by atoms with Gasteiger partial charge in [0.15, 0.2) is 0 Å². The van der Waals surface area contributed by atoms with Crippen molar-refractivity contribution in [3.63, 3.8) is 0 Å². The van der Waals surface area contributed by atoms with Crippen molar-refractivity contribution < 1.29 is 19.8 Å². The molecule has 0 bridgehead atoms. The molecule has 0 radical (unpaired) electrons. The highest BCUT2D eigenvalue weighted by Gasteiger charge is 2.28. The van der Waals surface area contributed by atoms with Gasteiger partial charge >= 0.3 is 5.97 Å². The molecule has 6 heteroatoms. The first-order valence-corrected chi connectivity index (χ1v) is 10.6. The maximum atomic E-state index is 12.0. The molecule has 25 heavy (non-hydrogen) atoms. The molecule has 1 unspecified atom stereocenters. The van der Waals surface area contributed by atoms with E-state index in [1.807, 2.05) is 17.1 Å². The summed E-state index contributed by atoms with van der Waals surface area (Å²) in [5, 5.41) is 18.9. The average molecular weight is 372 g/mol. The van der Waals surface area contributed by atoms with Gasteiger partial charge in [-0.2, -0.15) is 11.8 Å². The predicted octanol–water partition coefficient (Wildman–Crippen LogP) is 3.32. The van der Waals surface area contributed by atoms with Crippen molar-refractivity contribution in [1.82, 2.24) is 4.90 Å². The normalized spacial score (nSPS) is 20.4. The third-order valence-corrected chi connectivity index (χ3v) is 5.62. The lowest BCUT2D eigenvalue weighted by Crippen LogP contribution is -2.34. The number of amides is 1. The quantitative estimate of drug-likeness (QED) is 0.384. The third-order valence-electron chi connectivity index (χ3n) is 4.63. The number of unbranched alkanes of at least 4 members (excludes halogenated alkanes) is 2. The highest BCUT2D eigenvalue weighted by molar-refractivity contribution is 7.99. The molecular formula is C19H33NO4S. The van der Waals surface area contributed by atoms with Crippen LogP contribution in [0.1, 0.15) is 58.8 Å². The number of rotatable bonds is 13. The first-order valence-electron chi connectivity index (χ1n) is 9.42. The lowest BCUT2D eigenvalue weighted by Gasteiger charge is -2.22. The fourth-order valence-corrected chi connectivity index (χ4v) is 3.90. The summed E-state index contributed by atoms with van der Waals surface area (Å²) in [4.78, 5) is 24.7. The fraction of sp³-hybridized carbons (Fsp3) is 0.789. The summed E-state index contributed by atoms with van der Waals surface area (Å²) < 4.78 is 0. The molecule has 0 aromatic rings. The second kappa shape index (κ2) is 12.4. The smallest absolute Gasteiger partial charge is 0.306 e. The van der Waals surface area contributed by atoms with E-state index in [0.717, 1.165) is 43.6 Å². The summed E-state index contributed by atoms with van der Waals surface area (Å²) in [6.45, 7) is 4.55. The van der Waals surface area contributed by atoms with Crippen molar-refractivity contribution in [2.24, 2.45) is 5.92 Å². The number of nitrogens with zero attached hydrogens (tertiary/aromatic N) is 1. The Kier molecular flexibility index (Phi) is 10.9. The SMILES string of the molecule is CCCCC[C@H](O)C=C[C@H]1CCC(=O)N1CCSCCC(C)C(=O)O. The number of hydrogen-bond donors (Lipinski definition) is 2. The van der Waals surface area contributed by atoms with Crippen LogP contribution < -0.4 is 0 Å². The van der Waals surface area contributed by atoms with Crippen molar-refractivity contribution in [2.75, 3.05) is 18.1 Å². The van der Waals surface area contributed by atoms with Crippen molar-refractivity contribution in [3.05, 3.63) is 12.2 Å². The van der Waals surface area contributed by atoms with Crippen molar-refractivity contribution >= 4 is 23.6 Å². The monoisotopic (exact) mass is 371 g/mol. The topological polar surface area (TPSA) is 77.8 Å². The molecule has 1 saturated heterocycles. The Morgan fingerprint density at radius 1 is 1.36 bits per heavy atom. The molecular weight excluding hydrogens is 338 g/mol. The molecule has 0 saturated carbocycles. The molecule has 0 spiro atoms. The number of carbonyl (C=O) groups excluding carboxylic acids is 1. The van der Waals surface area contributed by atoms with Gasteiger partial charge in [-0.1, -0.05) is 45.3 Å². The van der Waals surface area contributed by atoms with Gasteiger partial charge in [0.1, 0.15) is 0 Å². The number of thioether (sulfide) groups is 1. The summed E-state index contributed by atoms with van der Waals surface area (Å²) in [6, 6.07) is 0.0897. The molecule has 1 heterocycles. The summed E-state index contributed by atoms with van der Waals surface area (Å²) in [5.41, 5.74) is 0. The van der Waals surface area contributed by atoms with E-state index in [0.29, 0.717) is 19.4 Å². The fourth-order valence-electron chi connectivity index (χ4n) is 2.85. The minimum Gasteiger partial charge on any atom is -0.481 e. The van der Waals surface area contributed by atoms with Crippen molar-refractivity contribution in [3.8, 4) is 0 Å². The van der Waals surface area contributed by atoms with E-state index in [9.17, 15) is 14.7 Å². The van der Waals surface area contributed by atoms with Gasteiger partial charge < -0.3 is 15.1 Å². The van der Waals surface area contributed by atoms with Gasteiger partial charge in [0.05, 0.1) is 18.1 Å². The molecule has 1 rings (SSSR count). The Morgan fingerprint density at radius 3 is 2.80 bits per heavy atom. The van der Waals surface area contributed by atoms with Crippen LogP contribution >= 0.6 is 11.8 Å². The lowest BCUT2D eigenvalue weighted by atomic mass is 10.1. The van der Waals surface area contributed by atoms with E-state index in [-0.39, 0.29) is 17.9 Å². The summed E-state index contributed by atoms with van der Waals surface area (Å²) in [6.07, 6.45) is 9.54. The van der Waals surface area contributed by atoms with E-state index < -0.39 is 12.1 Å². The van der Waals surface area contributed by atoms with Crippen molar-refractivity contribution in [1.29, 1.82) is 0 Å². The first-order chi connectivity index (χ1) is 12.0. The number of carboxylic acids is 1. The second-order valence-corrected chi connectivity index (χ2v) is 8.01. The summed E-state index contributed by atoms with van der Waals surface area (Å²) in [5.74, 6) is 0.728. The van der Waals surface area contributed by atoms with Crippen LogP contribution in [0.5, 0.6) is 0 Å². The molecule has 1 aliphatic rings. The molecule has 0 aromatic carbocycles. The number of hydrogen-bond acceptors (Lipinski definition) is 4. The highest BCUT2D eigenvalue weighted by atomic mass is 32.2. The minimum absolute atomic E-state index is 0.0897. The van der Waals surface area contributed by atoms with E-state index in [1.165, 1.54) is 0 Å². The number of carboxylic acid groups (broad SMARTS) is 1. The molecule has 0 aromatic heterocycles. The molecule has 3 atom stereocenters. The zero-order chi connectivity index (χ0) is 18.7. The Bertz CT molecular complexity index is 441. The Balaban J connectivity index is 2.31. The van der Waals surface area contributed by atoms with E-state index in [4.69, 9.17) is 5.11 Å². The standard InChI is InChI=1S/C19H33NO4S/c1-3-4-5-6-17(21)9-7-16-8-10-18(22)20(16)12-14-25-13-11-15(2)19(23)24/h7,9,15-17,21H,3-6,8,10-14H2,1-2H3,(H,23,24)/t15?,16-,17-/m0/s1. The van der Waals surface area contributed by atoms with Crippen LogP contribution in [0.15, 0.2) is 12.2 Å². The zero-order valence-electron chi connectivity index (χ0n) is 15.5. The number of aliphatic hydroxyl groups excluding tert-OH is 1. The molecule has 0 aliphatic carbocycles. The van der Waals surface area contributed by atoms with Gasteiger partial charge in [0, 0.05) is 18.7 Å². The highest BCUT2D eigenvalue weighted by Crippen LogP contribution is 2.21. The van der Waals surface area contributed by atoms with Crippen LogP contribution in [0.25, 0.3) is 0 Å². The summed E-state index contributed by atoms with van der Waals surface area (Å²) >= 11 is 1.70. The van der Waals surface area contributed by atoms with Crippen LogP contribution in [-0.2, 0) is 9.59 Å². The molecule has 1 amide bonds. The lowest BCUT2D eigenvalue weighted by molar-refractivity contribution is -0.141. The van der Waals surface area contributed by atoms with Gasteiger partial charge in [0.2, 0.25) is 5.91 Å². The van der Waals surface area contributed by atoms with Gasteiger partial charge in [-0.05, 0) is 25.0 Å². The minimum atomic E-state index is -0.752. The molecule has 1 fully saturated rings. The van der Waals surface area contributed by atoms with Crippen LogP contribution in [0.4, 0.5) is 0 Å². The Morgan fingerprint density at radius 2 is 2.12 bits per heavy atom. The van der Waals surface area contributed by atoms with Crippen LogP contribution in [0.2, 0.25) is 0 Å². The molecule has 1 aliphatic heterocycles. The Labute approximate surface area is 155 Å². The van der Waals surface area contributed by atoms with Gasteiger partial charge in [0.25, 0.3) is 0 Å². The van der Waals surface area contributed by atoms with E-state index in [1.54, 1.807) is 18.7 Å². The number of likely N-dealkylation sites (tertiary alicyclic amines) is 1. The van der Waals surface area contributed by atoms with Gasteiger partial charge in [-0.25, -0.2) is 0 Å². The number of aliphatic carboxylic acids is 1. The first kappa shape index (κ1) is 22.0. The largest absolute Gasteiger partial charge is 0.481 e. The molecule has 144 valence electrons. The number of carbonyl (C=O) groups is 2. The number of aliphatic hydroxyl groups is 1. The molecule has 2 N–H and O–H groups in total. The van der Waals surface area contributed by atoms with Crippen LogP contribution in [0.3, 0.4) is 0 Å². The maximum absolute atomic E-state index is 12.0. The van der Waals surface area contributed by atoms with E-state index >= 15 is 0 Å². The average Bonchev–Trinajstić information content (AvgIpc) is 2.92. The second-order valence-electron chi connectivity index (χ2n) is 6.78.